The second kappa shape index (κ2) is 6.32. The Balaban J connectivity index is 3.29. The molecule has 0 saturated heterocycles. The lowest BCUT2D eigenvalue weighted by Crippen LogP contribution is -2.29. The molecule has 0 aliphatic carbocycles. The van der Waals surface area contributed by atoms with Crippen LogP contribution in [0.4, 0.5) is 0 Å². The van der Waals surface area contributed by atoms with Crippen LogP contribution in [0.15, 0.2) is 35.2 Å². The highest BCUT2D eigenvalue weighted by atomic mass is 32.2. The fourth-order valence-corrected chi connectivity index (χ4v) is 3.46. The molecule has 0 fully saturated rings. The summed E-state index contributed by atoms with van der Waals surface area (Å²) in [6.45, 7) is 8.15. The van der Waals surface area contributed by atoms with Crippen LogP contribution < -0.4 is 5.73 Å². The second-order valence-corrected chi connectivity index (χ2v) is 6.73. The maximum atomic E-state index is 12.6. The van der Waals surface area contributed by atoms with E-state index in [1.165, 1.54) is 4.31 Å². The highest BCUT2D eigenvalue weighted by Crippen LogP contribution is 2.22. The van der Waals surface area contributed by atoms with Crippen LogP contribution in [0.5, 0.6) is 0 Å². The predicted octanol–water partition coefficient (Wildman–Crippen LogP) is 1.90. The molecule has 0 heterocycles. The number of rotatable bonds is 6. The molecule has 0 bridgehead atoms. The number of likely N-dealkylation sites (N-methyl/N-ethyl adjacent to an activating group) is 1. The van der Waals surface area contributed by atoms with Crippen LogP contribution in [0.3, 0.4) is 0 Å². The molecule has 1 aromatic rings. The van der Waals surface area contributed by atoms with Crippen molar-refractivity contribution >= 4 is 10.0 Å². The first kappa shape index (κ1) is 15.9. The summed E-state index contributed by atoms with van der Waals surface area (Å²) >= 11 is 0. The number of benzene rings is 1. The largest absolute Gasteiger partial charge is 0.326 e. The smallest absolute Gasteiger partial charge is 0.243 e. The van der Waals surface area contributed by atoms with Crippen LogP contribution in [0, 0.1) is 0 Å². The van der Waals surface area contributed by atoms with Gasteiger partial charge in [0.25, 0.3) is 0 Å². The van der Waals surface area contributed by atoms with Crippen molar-refractivity contribution in [1.29, 1.82) is 0 Å². The van der Waals surface area contributed by atoms with Gasteiger partial charge in [-0.1, -0.05) is 31.2 Å². The first-order valence-corrected chi connectivity index (χ1v) is 7.69. The standard InChI is InChI=1S/C14H22N2O2S/c1-5-13-7-6-12(9-15)8-14(13)19(17,18)16(4)10-11(2)3/h6-8H,2,5,9-10,15H2,1,3-4H3. The van der Waals surface area contributed by atoms with Gasteiger partial charge in [0, 0.05) is 20.1 Å². The quantitative estimate of drug-likeness (QED) is 0.811. The van der Waals surface area contributed by atoms with Crippen molar-refractivity contribution in [2.24, 2.45) is 5.73 Å². The predicted molar refractivity (Wildman–Crippen MR) is 78.3 cm³/mol. The molecule has 0 spiro atoms. The van der Waals surface area contributed by atoms with Crippen LogP contribution in [0.25, 0.3) is 0 Å². The Hall–Kier alpha value is -1.17. The van der Waals surface area contributed by atoms with Gasteiger partial charge in [0.15, 0.2) is 0 Å². The van der Waals surface area contributed by atoms with Crippen LogP contribution in [0.1, 0.15) is 25.0 Å². The zero-order valence-electron chi connectivity index (χ0n) is 11.8. The fourth-order valence-electron chi connectivity index (χ4n) is 1.89. The van der Waals surface area contributed by atoms with E-state index in [4.69, 9.17) is 5.73 Å². The third-order valence-corrected chi connectivity index (χ3v) is 4.81. The molecule has 2 N–H and O–H groups in total. The third-order valence-electron chi connectivity index (χ3n) is 2.93. The molecule has 0 atom stereocenters. The highest BCUT2D eigenvalue weighted by molar-refractivity contribution is 7.89. The van der Waals surface area contributed by atoms with Gasteiger partial charge in [-0.15, -0.1) is 0 Å². The summed E-state index contributed by atoms with van der Waals surface area (Å²) in [6, 6.07) is 5.38. The number of hydrogen-bond donors (Lipinski definition) is 1. The van der Waals surface area contributed by atoms with Crippen molar-refractivity contribution in [3.05, 3.63) is 41.5 Å². The Labute approximate surface area is 116 Å². The van der Waals surface area contributed by atoms with Gasteiger partial charge >= 0.3 is 0 Å². The first-order valence-electron chi connectivity index (χ1n) is 6.25. The number of sulfonamides is 1. The molecule has 19 heavy (non-hydrogen) atoms. The molecule has 0 aromatic heterocycles. The summed E-state index contributed by atoms with van der Waals surface area (Å²) in [5.41, 5.74) is 8.02. The first-order chi connectivity index (χ1) is 8.82. The second-order valence-electron chi connectivity index (χ2n) is 4.72. The minimum absolute atomic E-state index is 0.318. The summed E-state index contributed by atoms with van der Waals surface area (Å²) in [5.74, 6) is 0. The molecular formula is C14H22N2O2S. The zero-order chi connectivity index (χ0) is 14.6. The van der Waals surface area contributed by atoms with Crippen LogP contribution in [-0.4, -0.2) is 26.3 Å². The molecule has 0 aliphatic rings. The minimum atomic E-state index is -3.49. The number of nitrogens with two attached hydrogens (primary N) is 1. The summed E-state index contributed by atoms with van der Waals surface area (Å²) in [6.07, 6.45) is 0.667. The molecule has 0 unspecified atom stereocenters. The van der Waals surface area contributed by atoms with Crippen LogP contribution >= 0.6 is 0 Å². The van der Waals surface area contributed by atoms with Crippen molar-refractivity contribution in [1.82, 2.24) is 4.31 Å². The zero-order valence-corrected chi connectivity index (χ0v) is 12.6. The molecule has 4 nitrogen and oxygen atoms in total. The van der Waals surface area contributed by atoms with Gasteiger partial charge in [0.05, 0.1) is 4.90 Å². The van der Waals surface area contributed by atoms with Gasteiger partial charge < -0.3 is 5.73 Å². The lowest BCUT2D eigenvalue weighted by atomic mass is 10.1. The number of aryl methyl sites for hydroxylation is 1. The molecule has 1 rings (SSSR count). The summed E-state index contributed by atoms with van der Waals surface area (Å²) in [7, 11) is -1.92. The monoisotopic (exact) mass is 282 g/mol. The Morgan fingerprint density at radius 1 is 1.42 bits per heavy atom. The van der Waals surface area contributed by atoms with Gasteiger partial charge in [-0.2, -0.15) is 4.31 Å². The maximum absolute atomic E-state index is 12.6. The van der Waals surface area contributed by atoms with Crippen molar-refractivity contribution in [3.8, 4) is 0 Å². The van der Waals surface area contributed by atoms with Gasteiger partial charge in [-0.3, -0.25) is 0 Å². The number of hydrogen-bond acceptors (Lipinski definition) is 3. The summed E-state index contributed by atoms with van der Waals surface area (Å²) < 4.78 is 26.4. The van der Waals surface area contributed by atoms with E-state index in [1.54, 1.807) is 13.1 Å². The van der Waals surface area contributed by atoms with Gasteiger partial charge in [0.2, 0.25) is 10.0 Å². The number of nitrogens with zero attached hydrogens (tertiary/aromatic N) is 1. The SMILES string of the molecule is C=C(C)CN(C)S(=O)(=O)c1cc(CN)ccc1CC. The van der Waals surface area contributed by atoms with E-state index in [0.717, 1.165) is 16.7 Å². The van der Waals surface area contributed by atoms with Crippen molar-refractivity contribution < 1.29 is 8.42 Å². The normalized spacial score (nSPS) is 11.8. The van der Waals surface area contributed by atoms with Gasteiger partial charge in [-0.25, -0.2) is 8.42 Å². The van der Waals surface area contributed by atoms with E-state index in [1.807, 2.05) is 26.0 Å². The Morgan fingerprint density at radius 3 is 2.53 bits per heavy atom. The summed E-state index contributed by atoms with van der Waals surface area (Å²) in [5, 5.41) is 0. The lowest BCUT2D eigenvalue weighted by molar-refractivity contribution is 0.492. The average Bonchev–Trinajstić information content (AvgIpc) is 2.37. The van der Waals surface area contributed by atoms with Gasteiger partial charge in [0.1, 0.15) is 0 Å². The van der Waals surface area contributed by atoms with Crippen molar-refractivity contribution in [3.63, 3.8) is 0 Å². The van der Waals surface area contributed by atoms with E-state index in [0.29, 0.717) is 24.4 Å². The Morgan fingerprint density at radius 2 is 2.05 bits per heavy atom. The summed E-state index contributed by atoms with van der Waals surface area (Å²) in [4.78, 5) is 0.349. The van der Waals surface area contributed by atoms with E-state index in [-0.39, 0.29) is 0 Å². The molecule has 0 amide bonds. The Kier molecular flexibility index (Phi) is 5.29. The van der Waals surface area contributed by atoms with E-state index >= 15 is 0 Å². The topological polar surface area (TPSA) is 63.4 Å². The molecular weight excluding hydrogens is 260 g/mol. The van der Waals surface area contributed by atoms with Crippen LogP contribution in [0.2, 0.25) is 0 Å². The lowest BCUT2D eigenvalue weighted by Gasteiger charge is -2.19. The van der Waals surface area contributed by atoms with Crippen molar-refractivity contribution in [2.75, 3.05) is 13.6 Å². The van der Waals surface area contributed by atoms with E-state index in [9.17, 15) is 8.42 Å². The Bertz CT molecular complexity index is 565. The fraction of sp³-hybridized carbons (Fsp3) is 0.429. The van der Waals surface area contributed by atoms with E-state index in [2.05, 4.69) is 6.58 Å². The molecule has 0 saturated carbocycles. The van der Waals surface area contributed by atoms with Gasteiger partial charge in [-0.05, 0) is 30.5 Å². The van der Waals surface area contributed by atoms with Crippen molar-refractivity contribution in [2.45, 2.75) is 31.7 Å². The highest BCUT2D eigenvalue weighted by Gasteiger charge is 2.23. The van der Waals surface area contributed by atoms with E-state index < -0.39 is 10.0 Å². The third kappa shape index (κ3) is 3.65. The molecule has 5 heteroatoms. The molecule has 0 aliphatic heterocycles. The van der Waals surface area contributed by atoms with Crippen LogP contribution in [-0.2, 0) is 23.0 Å². The minimum Gasteiger partial charge on any atom is -0.326 e. The average molecular weight is 282 g/mol. The maximum Gasteiger partial charge on any atom is 0.243 e. The molecule has 0 radical (unpaired) electrons. The molecule has 106 valence electrons. The molecule has 1 aromatic carbocycles.